The summed E-state index contributed by atoms with van der Waals surface area (Å²) >= 11 is 5.78. The predicted octanol–water partition coefficient (Wildman–Crippen LogP) is 1.78. The van der Waals surface area contributed by atoms with Crippen LogP contribution in [0.3, 0.4) is 0 Å². The molecule has 5 heteroatoms. The maximum atomic E-state index is 9.98. The van der Waals surface area contributed by atoms with E-state index in [2.05, 4.69) is 4.98 Å². The van der Waals surface area contributed by atoms with Crippen LogP contribution in [0, 0.1) is 0 Å². The molecule has 0 fully saturated rings. The van der Waals surface area contributed by atoms with E-state index in [0.717, 1.165) is 0 Å². The van der Waals surface area contributed by atoms with Crippen molar-refractivity contribution in [1.29, 1.82) is 0 Å². The Bertz CT molecular complexity index is 329. The predicted molar refractivity (Wildman–Crippen MR) is 59.7 cm³/mol. The Hall–Kier alpha value is -0.840. The number of aliphatic hydroxyl groups excluding tert-OH is 1. The first-order valence-corrected chi connectivity index (χ1v) is 5.09. The van der Waals surface area contributed by atoms with Gasteiger partial charge in [-0.25, -0.2) is 4.98 Å². The molecule has 0 bridgehead atoms. The summed E-state index contributed by atoms with van der Waals surface area (Å²) in [7, 11) is 1.55. The van der Waals surface area contributed by atoms with Crippen LogP contribution in [0.25, 0.3) is 0 Å². The summed E-state index contributed by atoms with van der Waals surface area (Å²) in [5.74, 6) is 0.280. The fourth-order valence-electron chi connectivity index (χ4n) is 1.42. The van der Waals surface area contributed by atoms with E-state index < -0.39 is 6.10 Å². The molecule has 1 rings (SSSR count). The van der Waals surface area contributed by atoms with Crippen molar-refractivity contribution in [2.24, 2.45) is 0 Å². The van der Waals surface area contributed by atoms with Crippen LogP contribution >= 0.6 is 11.6 Å². The van der Waals surface area contributed by atoms with Gasteiger partial charge in [-0.15, -0.1) is 0 Å². The van der Waals surface area contributed by atoms with Gasteiger partial charge in [0.1, 0.15) is 11.9 Å². The highest BCUT2D eigenvalue weighted by molar-refractivity contribution is 6.30. The molecule has 0 aromatic carbocycles. The van der Waals surface area contributed by atoms with Gasteiger partial charge >= 0.3 is 0 Å². The zero-order chi connectivity index (χ0) is 11.4. The number of pyridine rings is 1. The third kappa shape index (κ3) is 2.81. The summed E-state index contributed by atoms with van der Waals surface area (Å²) < 4.78 is 5.13. The van der Waals surface area contributed by atoms with Gasteiger partial charge in [0, 0.05) is 18.9 Å². The summed E-state index contributed by atoms with van der Waals surface area (Å²) in [4.78, 5) is 3.88. The molecule has 2 unspecified atom stereocenters. The molecule has 1 aromatic heterocycles. The molecular weight excluding hydrogens is 216 g/mol. The minimum Gasteiger partial charge on any atom is -0.386 e. The minimum absolute atomic E-state index is 0.280. The first-order valence-electron chi connectivity index (χ1n) is 4.72. The average Bonchev–Trinajstić information content (AvgIpc) is 2.23. The standard InChI is InChI=1S/C10H15ClN2O2/c1-3-8(15-2)9(14)7-4-6(11)5-13-10(7)12/h4-5,8-9,14H,3H2,1-2H3,(H2,12,13). The molecule has 0 amide bonds. The summed E-state index contributed by atoms with van der Waals surface area (Å²) in [6.07, 6.45) is 1.03. The molecule has 0 spiro atoms. The van der Waals surface area contributed by atoms with Crippen LogP contribution in [0.2, 0.25) is 5.02 Å². The number of methoxy groups -OCH3 is 1. The lowest BCUT2D eigenvalue weighted by Crippen LogP contribution is -2.21. The maximum absolute atomic E-state index is 9.98. The van der Waals surface area contributed by atoms with E-state index in [-0.39, 0.29) is 11.9 Å². The van der Waals surface area contributed by atoms with Crippen LogP contribution in [-0.2, 0) is 4.74 Å². The van der Waals surface area contributed by atoms with Crippen molar-refractivity contribution in [3.8, 4) is 0 Å². The Morgan fingerprint density at radius 3 is 2.87 bits per heavy atom. The zero-order valence-corrected chi connectivity index (χ0v) is 9.53. The largest absolute Gasteiger partial charge is 0.386 e. The van der Waals surface area contributed by atoms with Crippen molar-refractivity contribution in [3.63, 3.8) is 0 Å². The quantitative estimate of drug-likeness (QED) is 0.827. The summed E-state index contributed by atoms with van der Waals surface area (Å²) in [6, 6.07) is 1.61. The van der Waals surface area contributed by atoms with Crippen LogP contribution in [0.4, 0.5) is 5.82 Å². The molecule has 0 aliphatic heterocycles. The summed E-state index contributed by atoms with van der Waals surface area (Å²) in [5.41, 5.74) is 6.16. The minimum atomic E-state index is -0.800. The van der Waals surface area contributed by atoms with Gasteiger partial charge in [-0.3, -0.25) is 0 Å². The van der Waals surface area contributed by atoms with Gasteiger partial charge in [-0.1, -0.05) is 18.5 Å². The highest BCUT2D eigenvalue weighted by Gasteiger charge is 2.21. The van der Waals surface area contributed by atoms with Crippen LogP contribution in [0.5, 0.6) is 0 Å². The molecular formula is C10H15ClN2O2. The molecule has 0 aliphatic carbocycles. The number of aromatic nitrogens is 1. The SMILES string of the molecule is CCC(OC)C(O)c1cc(Cl)cnc1N. The van der Waals surface area contributed by atoms with Crippen LogP contribution in [0.15, 0.2) is 12.3 Å². The van der Waals surface area contributed by atoms with Gasteiger partial charge < -0.3 is 15.6 Å². The fraction of sp³-hybridized carbons (Fsp3) is 0.500. The molecule has 84 valence electrons. The number of ether oxygens (including phenoxy) is 1. The lowest BCUT2D eigenvalue weighted by molar-refractivity contribution is -0.0146. The molecule has 3 N–H and O–H groups in total. The third-order valence-corrected chi connectivity index (χ3v) is 2.50. The highest BCUT2D eigenvalue weighted by atomic mass is 35.5. The molecule has 0 radical (unpaired) electrons. The molecule has 2 atom stereocenters. The van der Waals surface area contributed by atoms with Crippen molar-refractivity contribution >= 4 is 17.4 Å². The number of aliphatic hydroxyl groups is 1. The molecule has 0 saturated carbocycles. The number of halogens is 1. The lowest BCUT2D eigenvalue weighted by Gasteiger charge is -2.21. The monoisotopic (exact) mass is 230 g/mol. The Morgan fingerprint density at radius 1 is 1.67 bits per heavy atom. The van der Waals surface area contributed by atoms with Crippen molar-refractivity contribution in [1.82, 2.24) is 4.98 Å². The number of hydrogen-bond acceptors (Lipinski definition) is 4. The lowest BCUT2D eigenvalue weighted by atomic mass is 10.0. The molecule has 0 saturated heterocycles. The second-order valence-electron chi connectivity index (χ2n) is 3.26. The van der Waals surface area contributed by atoms with Crippen LogP contribution in [0.1, 0.15) is 25.0 Å². The van der Waals surface area contributed by atoms with E-state index in [9.17, 15) is 5.11 Å². The molecule has 1 aromatic rings. The van der Waals surface area contributed by atoms with Crippen molar-refractivity contribution in [2.45, 2.75) is 25.6 Å². The fourth-order valence-corrected chi connectivity index (χ4v) is 1.59. The normalized spacial score (nSPS) is 14.9. The van der Waals surface area contributed by atoms with Gasteiger partial charge in [-0.05, 0) is 12.5 Å². The van der Waals surface area contributed by atoms with Gasteiger partial charge in [0.25, 0.3) is 0 Å². The molecule has 4 nitrogen and oxygen atoms in total. The summed E-state index contributed by atoms with van der Waals surface area (Å²) in [5, 5.41) is 10.4. The zero-order valence-electron chi connectivity index (χ0n) is 8.77. The smallest absolute Gasteiger partial charge is 0.129 e. The van der Waals surface area contributed by atoms with Gasteiger partial charge in [0.2, 0.25) is 0 Å². The number of rotatable bonds is 4. The number of nitrogens with zero attached hydrogens (tertiary/aromatic N) is 1. The molecule has 0 aliphatic rings. The van der Waals surface area contributed by atoms with Crippen molar-refractivity contribution in [3.05, 3.63) is 22.8 Å². The Balaban J connectivity index is 2.98. The van der Waals surface area contributed by atoms with Crippen LogP contribution < -0.4 is 5.73 Å². The van der Waals surface area contributed by atoms with E-state index in [4.69, 9.17) is 22.1 Å². The topological polar surface area (TPSA) is 68.4 Å². The Labute approximate surface area is 94.0 Å². The number of anilines is 1. The van der Waals surface area contributed by atoms with Gasteiger partial charge in [-0.2, -0.15) is 0 Å². The van der Waals surface area contributed by atoms with Gasteiger partial charge in [0.05, 0.1) is 11.1 Å². The second-order valence-corrected chi connectivity index (χ2v) is 3.69. The first-order chi connectivity index (χ1) is 7.10. The average molecular weight is 231 g/mol. The van der Waals surface area contributed by atoms with E-state index in [1.165, 1.54) is 6.20 Å². The Kier molecular flexibility index (Phi) is 4.32. The van der Waals surface area contributed by atoms with Crippen molar-refractivity contribution in [2.75, 3.05) is 12.8 Å². The van der Waals surface area contributed by atoms with E-state index in [1.807, 2.05) is 6.92 Å². The van der Waals surface area contributed by atoms with Gasteiger partial charge in [0.15, 0.2) is 0 Å². The molecule has 15 heavy (non-hydrogen) atoms. The molecule has 1 heterocycles. The second kappa shape index (κ2) is 5.30. The van der Waals surface area contributed by atoms with E-state index >= 15 is 0 Å². The van der Waals surface area contributed by atoms with E-state index in [1.54, 1.807) is 13.2 Å². The highest BCUT2D eigenvalue weighted by Crippen LogP contribution is 2.26. The first kappa shape index (κ1) is 12.2. The number of nitrogen functional groups attached to an aromatic ring is 1. The number of hydrogen-bond donors (Lipinski definition) is 2. The maximum Gasteiger partial charge on any atom is 0.129 e. The summed E-state index contributed by atoms with van der Waals surface area (Å²) in [6.45, 7) is 1.92. The van der Waals surface area contributed by atoms with E-state index in [0.29, 0.717) is 17.0 Å². The Morgan fingerprint density at radius 2 is 2.33 bits per heavy atom. The number of nitrogens with two attached hydrogens (primary N) is 1. The third-order valence-electron chi connectivity index (χ3n) is 2.29. The van der Waals surface area contributed by atoms with Crippen molar-refractivity contribution < 1.29 is 9.84 Å². The van der Waals surface area contributed by atoms with Crippen LogP contribution in [-0.4, -0.2) is 23.3 Å².